The Labute approximate surface area is 279 Å². The van der Waals surface area contributed by atoms with Crippen LogP contribution in [0.5, 0.6) is 5.75 Å². The second-order valence-electron chi connectivity index (χ2n) is 14.4. The molecule has 48 heavy (non-hydrogen) atoms. The Hall–Kier alpha value is -2.58. The van der Waals surface area contributed by atoms with E-state index in [2.05, 4.69) is 6.92 Å². The van der Waals surface area contributed by atoms with E-state index in [1.54, 1.807) is 12.1 Å². The fraction of sp³-hybridized carbons (Fsp3) is 0.727. The van der Waals surface area contributed by atoms with Crippen LogP contribution in [0.25, 0.3) is 0 Å². The zero-order valence-electron chi connectivity index (χ0n) is 27.2. The lowest BCUT2D eigenvalue weighted by Crippen LogP contribution is -2.55. The van der Waals surface area contributed by atoms with E-state index in [1.165, 1.54) is 5.56 Å². The summed E-state index contributed by atoms with van der Waals surface area (Å²) >= 11 is 0. The van der Waals surface area contributed by atoms with Crippen molar-refractivity contribution in [2.45, 2.75) is 126 Å². The van der Waals surface area contributed by atoms with Gasteiger partial charge in [0.25, 0.3) is 0 Å². The number of aryl methyl sites for hydroxylation is 1. The van der Waals surface area contributed by atoms with Crippen LogP contribution in [-0.4, -0.2) is 79.5 Å². The van der Waals surface area contributed by atoms with E-state index >= 15 is 0 Å². The van der Waals surface area contributed by atoms with Crippen molar-refractivity contribution in [2.75, 3.05) is 0 Å². The maximum atomic E-state index is 12.9. The summed E-state index contributed by atoms with van der Waals surface area (Å²) in [6, 6.07) is 4.62. The van der Waals surface area contributed by atoms with Gasteiger partial charge in [0.15, 0.2) is 0 Å². The smallest absolute Gasteiger partial charge is 0.462 e. The fourth-order valence-electron chi connectivity index (χ4n) is 8.94. The maximum absolute atomic E-state index is 12.9. The highest BCUT2D eigenvalue weighted by Gasteiger charge is 2.56. The Kier molecular flexibility index (Phi) is 11.3. The van der Waals surface area contributed by atoms with Crippen LogP contribution < -0.4 is 16.0 Å². The van der Waals surface area contributed by atoms with Crippen molar-refractivity contribution in [2.24, 2.45) is 34.6 Å². The average molecular weight is 697 g/mol. The minimum absolute atomic E-state index is 0.0480. The van der Waals surface area contributed by atoms with Gasteiger partial charge < -0.3 is 40.8 Å². The van der Waals surface area contributed by atoms with Crippen LogP contribution in [0.2, 0.25) is 0 Å². The number of phosphoric ester groups is 1. The number of nitrogens with two attached hydrogens (primary N) is 2. The van der Waals surface area contributed by atoms with Crippen molar-refractivity contribution in [3.8, 4) is 5.75 Å². The molecule has 0 spiro atoms. The summed E-state index contributed by atoms with van der Waals surface area (Å²) < 4.78 is 27.4. The van der Waals surface area contributed by atoms with Gasteiger partial charge in [-0.3, -0.25) is 24.2 Å². The Morgan fingerprint density at radius 3 is 2.29 bits per heavy atom. The first-order valence-electron chi connectivity index (χ1n) is 16.9. The zero-order valence-corrected chi connectivity index (χ0v) is 28.1. The molecule has 11 unspecified atom stereocenters. The molecule has 0 aromatic heterocycles. The molecule has 3 fully saturated rings. The summed E-state index contributed by atoms with van der Waals surface area (Å²) in [5, 5.41) is 31.1. The number of benzene rings is 1. The Morgan fingerprint density at radius 1 is 0.979 bits per heavy atom. The molecule has 4 aliphatic rings. The van der Waals surface area contributed by atoms with Crippen LogP contribution in [0.3, 0.4) is 0 Å². The number of aliphatic hydroxyl groups excluding tert-OH is 3. The molecule has 1 aromatic rings. The predicted octanol–water partition coefficient (Wildman–Crippen LogP) is 1.70. The highest BCUT2D eigenvalue weighted by molar-refractivity contribution is 7.46. The molecular formula is C33H49N2O12P. The molecule has 1 amide bonds. The topological polar surface area (TPSA) is 249 Å². The lowest BCUT2D eigenvalue weighted by Gasteiger charge is -2.50. The lowest BCUT2D eigenvalue weighted by molar-refractivity contribution is -0.163. The van der Waals surface area contributed by atoms with E-state index in [1.807, 2.05) is 6.07 Å². The van der Waals surface area contributed by atoms with Gasteiger partial charge in [0.1, 0.15) is 23.9 Å². The largest absolute Gasteiger partial charge is 0.524 e. The summed E-state index contributed by atoms with van der Waals surface area (Å²) in [5.41, 5.74) is 13.2. The molecule has 1 aromatic carbocycles. The van der Waals surface area contributed by atoms with E-state index in [-0.39, 0.29) is 49.4 Å². The molecule has 268 valence electrons. The Balaban J connectivity index is 1.07. The van der Waals surface area contributed by atoms with Crippen LogP contribution in [0, 0.1) is 23.2 Å². The molecule has 5 rings (SSSR count). The molecule has 3 saturated carbocycles. The van der Waals surface area contributed by atoms with Gasteiger partial charge in [-0.2, -0.15) is 0 Å². The highest BCUT2D eigenvalue weighted by Crippen LogP contribution is 2.61. The molecular weight excluding hydrogens is 647 g/mol. The standard InChI is InChI=1S/C33H49N2O12P/c1-33-15-14-20-19-5-3-18(47-48(42,43)44)16-17(19)2-4-21(20)22(33)6-11-27(33)46-29(39)13-9-25(37)24(36)8-12-28(38)45-26-10-7-23(34)31(40)30(26)32(35)41/h3,5,16,20-27,30-31,36-37,40H,2,4,6-15,34H2,1H3,(H2,35,41)(H2,42,43,44). The summed E-state index contributed by atoms with van der Waals surface area (Å²) in [6.07, 6.45) is 0.261. The first kappa shape index (κ1) is 36.7. The summed E-state index contributed by atoms with van der Waals surface area (Å²) in [4.78, 5) is 55.5. The Morgan fingerprint density at radius 2 is 1.65 bits per heavy atom. The number of carbonyl (C=O) groups is 3. The quantitative estimate of drug-likeness (QED) is 0.122. The molecule has 0 heterocycles. The first-order chi connectivity index (χ1) is 22.6. The van der Waals surface area contributed by atoms with Crippen LogP contribution in [0.4, 0.5) is 0 Å². The number of esters is 2. The van der Waals surface area contributed by atoms with Crippen molar-refractivity contribution in [3.05, 3.63) is 29.3 Å². The number of aliphatic hydroxyl groups is 3. The molecule has 0 bridgehead atoms. The van der Waals surface area contributed by atoms with Crippen LogP contribution in [0.1, 0.15) is 94.6 Å². The molecule has 15 heteroatoms. The average Bonchev–Trinajstić information content (AvgIpc) is 3.34. The molecule has 11 atom stereocenters. The number of hydrogen-bond acceptors (Lipinski definition) is 11. The molecule has 0 saturated heterocycles. The second kappa shape index (κ2) is 14.7. The highest BCUT2D eigenvalue weighted by atomic mass is 31.2. The third-order valence-electron chi connectivity index (χ3n) is 11.4. The number of rotatable bonds is 12. The van der Waals surface area contributed by atoms with Crippen molar-refractivity contribution >= 4 is 25.7 Å². The third kappa shape index (κ3) is 8.07. The number of carbonyl (C=O) groups excluding carboxylic acids is 3. The van der Waals surface area contributed by atoms with Gasteiger partial charge in [-0.15, -0.1) is 0 Å². The number of fused-ring (bicyclic) bond motifs is 5. The maximum Gasteiger partial charge on any atom is 0.524 e. The summed E-state index contributed by atoms with van der Waals surface area (Å²) in [7, 11) is -4.64. The van der Waals surface area contributed by atoms with Gasteiger partial charge in [-0.25, -0.2) is 4.57 Å². The van der Waals surface area contributed by atoms with Gasteiger partial charge in [0.2, 0.25) is 5.91 Å². The fourth-order valence-corrected chi connectivity index (χ4v) is 9.33. The van der Waals surface area contributed by atoms with Crippen LogP contribution in [0.15, 0.2) is 18.2 Å². The van der Waals surface area contributed by atoms with Crippen molar-refractivity contribution in [1.29, 1.82) is 0 Å². The predicted molar refractivity (Wildman–Crippen MR) is 170 cm³/mol. The number of hydrogen-bond donors (Lipinski definition) is 7. The second-order valence-corrected chi connectivity index (χ2v) is 15.5. The van der Waals surface area contributed by atoms with Gasteiger partial charge in [0, 0.05) is 24.3 Å². The normalized spacial score (nSPS) is 34.1. The van der Waals surface area contributed by atoms with E-state index in [9.17, 15) is 44.1 Å². The molecule has 0 radical (unpaired) electrons. The number of primary amides is 1. The summed E-state index contributed by atoms with van der Waals surface area (Å²) in [6.45, 7) is 2.19. The number of ether oxygens (including phenoxy) is 2. The van der Waals surface area contributed by atoms with E-state index < -0.39 is 62.0 Å². The van der Waals surface area contributed by atoms with Crippen molar-refractivity contribution < 1.29 is 58.1 Å². The number of amides is 1. The Bertz CT molecular complexity index is 1400. The van der Waals surface area contributed by atoms with E-state index in [4.69, 9.17) is 25.5 Å². The minimum Gasteiger partial charge on any atom is -0.462 e. The number of phosphoric acid groups is 1. The summed E-state index contributed by atoms with van der Waals surface area (Å²) in [5.74, 6) is -1.87. The van der Waals surface area contributed by atoms with Crippen molar-refractivity contribution in [3.63, 3.8) is 0 Å². The monoisotopic (exact) mass is 696 g/mol. The molecule has 14 nitrogen and oxygen atoms in total. The van der Waals surface area contributed by atoms with Crippen molar-refractivity contribution in [1.82, 2.24) is 0 Å². The van der Waals surface area contributed by atoms with E-state index in [0.717, 1.165) is 44.1 Å². The van der Waals surface area contributed by atoms with Gasteiger partial charge in [-0.1, -0.05) is 13.0 Å². The van der Waals surface area contributed by atoms with Gasteiger partial charge >= 0.3 is 19.8 Å². The third-order valence-corrected chi connectivity index (χ3v) is 11.9. The van der Waals surface area contributed by atoms with Gasteiger partial charge in [0.05, 0.1) is 18.3 Å². The van der Waals surface area contributed by atoms with Gasteiger partial charge in [-0.05, 0) is 105 Å². The molecule has 0 aliphatic heterocycles. The zero-order chi connectivity index (χ0) is 35.0. The molecule has 9 N–H and O–H groups in total. The van der Waals surface area contributed by atoms with Crippen LogP contribution >= 0.6 is 7.82 Å². The lowest BCUT2D eigenvalue weighted by atomic mass is 9.55. The minimum atomic E-state index is -4.64. The SMILES string of the molecule is CC12CCC3c4ccc(OP(=O)(O)O)cc4CCC3C1CCC2OC(=O)CCC(O)C(O)CCC(=O)OC1CCC(N)C(O)C1C(N)=O. The first-order valence-corrected chi connectivity index (χ1v) is 18.5. The van der Waals surface area contributed by atoms with Crippen LogP contribution in [-0.2, 0) is 34.8 Å². The molecule has 4 aliphatic carbocycles. The van der Waals surface area contributed by atoms with E-state index in [0.29, 0.717) is 24.2 Å².